The summed E-state index contributed by atoms with van der Waals surface area (Å²) < 4.78 is 0. The average Bonchev–Trinajstić information content (AvgIpc) is 1.98. The molecular formula is C8H16N2OS. The number of hydrogen-bond acceptors (Lipinski definition) is 3. The van der Waals surface area contributed by atoms with Crippen molar-refractivity contribution in [2.75, 3.05) is 12.0 Å². The topological polar surface area (TPSA) is 55.1 Å². The first-order valence-corrected chi connectivity index (χ1v) is 5.65. The van der Waals surface area contributed by atoms with E-state index >= 15 is 0 Å². The van der Waals surface area contributed by atoms with E-state index in [1.807, 2.05) is 6.26 Å². The molecule has 0 saturated heterocycles. The highest BCUT2D eigenvalue weighted by molar-refractivity contribution is 7.98. The Morgan fingerprint density at radius 2 is 2.33 bits per heavy atom. The molecule has 70 valence electrons. The van der Waals surface area contributed by atoms with Crippen LogP contribution in [0.5, 0.6) is 0 Å². The van der Waals surface area contributed by atoms with E-state index in [0.717, 1.165) is 18.6 Å². The lowest BCUT2D eigenvalue weighted by molar-refractivity contribution is -0.121. The molecule has 1 aliphatic rings. The minimum Gasteiger partial charge on any atom is -0.353 e. The maximum Gasteiger partial charge on any atom is 0.221 e. The normalized spacial score (nSPS) is 27.8. The zero-order chi connectivity index (χ0) is 8.97. The van der Waals surface area contributed by atoms with Crippen LogP contribution in [0.4, 0.5) is 0 Å². The molecular weight excluding hydrogens is 172 g/mol. The van der Waals surface area contributed by atoms with Crippen LogP contribution in [0.3, 0.4) is 0 Å². The molecule has 1 aliphatic carbocycles. The summed E-state index contributed by atoms with van der Waals surface area (Å²) in [5.74, 6) is 1.08. The molecule has 1 rings (SSSR count). The van der Waals surface area contributed by atoms with Crippen molar-refractivity contribution in [2.24, 2.45) is 5.73 Å². The van der Waals surface area contributed by atoms with Gasteiger partial charge >= 0.3 is 0 Å². The Morgan fingerprint density at radius 1 is 1.67 bits per heavy atom. The summed E-state index contributed by atoms with van der Waals surface area (Å²) in [5.41, 5.74) is 5.59. The van der Waals surface area contributed by atoms with Gasteiger partial charge in [0.25, 0.3) is 0 Å². The fourth-order valence-electron chi connectivity index (χ4n) is 1.27. The molecule has 0 aromatic heterocycles. The highest BCUT2D eigenvalue weighted by Gasteiger charge is 2.26. The molecule has 0 spiro atoms. The number of nitrogens with two attached hydrogens (primary N) is 1. The van der Waals surface area contributed by atoms with E-state index in [2.05, 4.69) is 5.32 Å². The van der Waals surface area contributed by atoms with Crippen molar-refractivity contribution >= 4 is 17.7 Å². The van der Waals surface area contributed by atoms with Crippen LogP contribution in [-0.2, 0) is 4.79 Å². The Kier molecular flexibility index (Phi) is 3.88. The van der Waals surface area contributed by atoms with Crippen LogP contribution in [0.15, 0.2) is 0 Å². The second-order valence-corrected chi connectivity index (χ2v) is 4.22. The molecule has 3 N–H and O–H groups in total. The first kappa shape index (κ1) is 9.86. The third kappa shape index (κ3) is 3.03. The Morgan fingerprint density at radius 3 is 2.83 bits per heavy atom. The minimum absolute atomic E-state index is 0.168. The maximum absolute atomic E-state index is 11.1. The molecule has 1 amide bonds. The van der Waals surface area contributed by atoms with Crippen molar-refractivity contribution in [2.45, 2.75) is 31.3 Å². The van der Waals surface area contributed by atoms with Crippen LogP contribution in [-0.4, -0.2) is 30.0 Å². The summed E-state index contributed by atoms with van der Waals surface area (Å²) in [7, 11) is 0. The number of carbonyl (C=O) groups is 1. The first-order chi connectivity index (χ1) is 5.72. The van der Waals surface area contributed by atoms with Crippen LogP contribution in [0, 0.1) is 0 Å². The lowest BCUT2D eigenvalue weighted by Crippen LogP contribution is -2.50. The Hall–Kier alpha value is -0.220. The van der Waals surface area contributed by atoms with Crippen LogP contribution in [0.1, 0.15) is 19.3 Å². The average molecular weight is 188 g/mol. The number of carbonyl (C=O) groups excluding carboxylic acids is 1. The SMILES string of the molecule is CSCCC(=O)NC1CC(N)C1. The van der Waals surface area contributed by atoms with Gasteiger partial charge in [0.2, 0.25) is 5.91 Å². The molecule has 0 heterocycles. The second-order valence-electron chi connectivity index (χ2n) is 3.24. The zero-order valence-corrected chi connectivity index (χ0v) is 8.19. The summed E-state index contributed by atoms with van der Waals surface area (Å²) in [6.45, 7) is 0. The molecule has 0 aromatic carbocycles. The highest BCUT2D eigenvalue weighted by Crippen LogP contribution is 2.17. The largest absolute Gasteiger partial charge is 0.353 e. The van der Waals surface area contributed by atoms with Gasteiger partial charge in [0.15, 0.2) is 0 Å². The van der Waals surface area contributed by atoms with E-state index < -0.39 is 0 Å². The van der Waals surface area contributed by atoms with E-state index in [1.165, 1.54) is 0 Å². The predicted molar refractivity (Wildman–Crippen MR) is 52.1 cm³/mol. The number of nitrogens with one attached hydrogen (secondary N) is 1. The maximum atomic E-state index is 11.1. The molecule has 1 saturated carbocycles. The molecule has 12 heavy (non-hydrogen) atoms. The molecule has 3 nitrogen and oxygen atoms in total. The van der Waals surface area contributed by atoms with Gasteiger partial charge in [0.05, 0.1) is 0 Å². The Balaban J connectivity index is 2.03. The monoisotopic (exact) mass is 188 g/mol. The van der Waals surface area contributed by atoms with Crippen molar-refractivity contribution in [3.63, 3.8) is 0 Å². The van der Waals surface area contributed by atoms with Gasteiger partial charge in [-0.15, -0.1) is 0 Å². The van der Waals surface area contributed by atoms with Crippen molar-refractivity contribution in [3.05, 3.63) is 0 Å². The number of amides is 1. The van der Waals surface area contributed by atoms with Gasteiger partial charge in [-0.1, -0.05) is 0 Å². The second kappa shape index (κ2) is 4.72. The summed E-state index contributed by atoms with van der Waals surface area (Å²) >= 11 is 1.70. The van der Waals surface area contributed by atoms with Gasteiger partial charge in [-0.25, -0.2) is 0 Å². The summed E-state index contributed by atoms with van der Waals surface area (Å²) in [4.78, 5) is 11.1. The standard InChI is InChI=1S/C8H16N2OS/c1-12-3-2-8(11)10-7-4-6(9)5-7/h6-7H,2-5,9H2,1H3,(H,10,11). The minimum atomic E-state index is 0.168. The molecule has 0 aromatic rings. The van der Waals surface area contributed by atoms with Crippen LogP contribution >= 0.6 is 11.8 Å². The fourth-order valence-corrected chi connectivity index (χ4v) is 1.66. The van der Waals surface area contributed by atoms with Crippen molar-refractivity contribution in [1.82, 2.24) is 5.32 Å². The van der Waals surface area contributed by atoms with Crippen LogP contribution < -0.4 is 11.1 Å². The number of rotatable bonds is 4. The van der Waals surface area contributed by atoms with E-state index in [1.54, 1.807) is 11.8 Å². The molecule has 4 heteroatoms. The van der Waals surface area contributed by atoms with Crippen molar-refractivity contribution < 1.29 is 4.79 Å². The van der Waals surface area contributed by atoms with Crippen LogP contribution in [0.2, 0.25) is 0 Å². The van der Waals surface area contributed by atoms with E-state index in [4.69, 9.17) is 5.73 Å². The first-order valence-electron chi connectivity index (χ1n) is 4.26. The van der Waals surface area contributed by atoms with Crippen molar-refractivity contribution in [3.8, 4) is 0 Å². The van der Waals surface area contributed by atoms with E-state index in [0.29, 0.717) is 18.5 Å². The molecule has 0 radical (unpaired) electrons. The summed E-state index contributed by atoms with van der Waals surface area (Å²) in [6, 6.07) is 0.671. The number of thioether (sulfide) groups is 1. The smallest absolute Gasteiger partial charge is 0.221 e. The highest BCUT2D eigenvalue weighted by atomic mass is 32.2. The molecule has 0 bridgehead atoms. The predicted octanol–water partition coefficient (Wildman–Crippen LogP) is 0.345. The number of hydrogen-bond donors (Lipinski definition) is 2. The van der Waals surface area contributed by atoms with Gasteiger partial charge in [0.1, 0.15) is 0 Å². The summed E-state index contributed by atoms with van der Waals surface area (Å²) in [5, 5.41) is 2.95. The van der Waals surface area contributed by atoms with Gasteiger partial charge in [-0.05, 0) is 19.1 Å². The van der Waals surface area contributed by atoms with Crippen molar-refractivity contribution in [1.29, 1.82) is 0 Å². The fraction of sp³-hybridized carbons (Fsp3) is 0.875. The molecule has 1 fully saturated rings. The Bertz CT molecular complexity index is 157. The van der Waals surface area contributed by atoms with E-state index in [-0.39, 0.29) is 5.91 Å². The lowest BCUT2D eigenvalue weighted by Gasteiger charge is -2.32. The zero-order valence-electron chi connectivity index (χ0n) is 7.38. The molecule has 0 atom stereocenters. The molecule has 0 aliphatic heterocycles. The van der Waals surface area contributed by atoms with Gasteiger partial charge in [-0.3, -0.25) is 4.79 Å². The van der Waals surface area contributed by atoms with Crippen LogP contribution in [0.25, 0.3) is 0 Å². The third-order valence-corrected chi connectivity index (χ3v) is 2.69. The lowest BCUT2D eigenvalue weighted by atomic mass is 9.87. The Labute approximate surface area is 77.5 Å². The summed E-state index contributed by atoms with van der Waals surface area (Å²) in [6.07, 6.45) is 4.54. The van der Waals surface area contributed by atoms with Gasteiger partial charge in [-0.2, -0.15) is 11.8 Å². The third-order valence-electron chi connectivity index (χ3n) is 2.07. The molecule has 0 unspecified atom stereocenters. The quantitative estimate of drug-likeness (QED) is 0.669. The van der Waals surface area contributed by atoms with E-state index in [9.17, 15) is 4.79 Å². The van der Waals surface area contributed by atoms with Gasteiger partial charge < -0.3 is 11.1 Å². The van der Waals surface area contributed by atoms with Gasteiger partial charge in [0, 0.05) is 24.3 Å².